The highest BCUT2D eigenvalue weighted by Crippen LogP contribution is 2.52. The van der Waals surface area contributed by atoms with Gasteiger partial charge in [-0.15, -0.1) is 0 Å². The van der Waals surface area contributed by atoms with Gasteiger partial charge in [-0.25, -0.2) is 4.79 Å². The van der Waals surface area contributed by atoms with Crippen LogP contribution in [0.5, 0.6) is 0 Å². The van der Waals surface area contributed by atoms with Gasteiger partial charge in [-0.3, -0.25) is 5.32 Å². The van der Waals surface area contributed by atoms with Gasteiger partial charge >= 0.3 is 6.09 Å². The second-order valence-corrected chi connectivity index (χ2v) is 5.19. The van der Waals surface area contributed by atoms with Crippen molar-refractivity contribution in [3.8, 4) is 0 Å². The van der Waals surface area contributed by atoms with E-state index in [9.17, 15) is 4.79 Å². The molecule has 3 unspecified atom stereocenters. The van der Waals surface area contributed by atoms with Crippen molar-refractivity contribution in [3.63, 3.8) is 0 Å². The van der Waals surface area contributed by atoms with Crippen LogP contribution in [0.15, 0.2) is 24.3 Å². The molecule has 2 aliphatic carbocycles. The van der Waals surface area contributed by atoms with Crippen molar-refractivity contribution in [1.29, 1.82) is 0 Å². The van der Waals surface area contributed by atoms with E-state index >= 15 is 0 Å². The molecular weight excluding hydrogens is 228 g/mol. The van der Waals surface area contributed by atoms with Gasteiger partial charge in [0, 0.05) is 17.4 Å². The minimum atomic E-state index is -0.435. The molecule has 2 fully saturated rings. The van der Waals surface area contributed by atoms with Crippen LogP contribution in [0.2, 0.25) is 0 Å². The van der Waals surface area contributed by atoms with Crippen molar-refractivity contribution in [1.82, 2.24) is 0 Å². The van der Waals surface area contributed by atoms with E-state index in [1.807, 2.05) is 24.3 Å². The summed E-state index contributed by atoms with van der Waals surface area (Å²) in [7, 11) is 1.36. The Hall–Kier alpha value is -1.71. The van der Waals surface area contributed by atoms with Gasteiger partial charge in [0.25, 0.3) is 0 Å². The molecule has 2 saturated carbocycles. The van der Waals surface area contributed by atoms with Crippen LogP contribution in [0.1, 0.15) is 19.3 Å². The van der Waals surface area contributed by atoms with Gasteiger partial charge in [-0.1, -0.05) is 6.07 Å². The largest absolute Gasteiger partial charge is 0.453 e. The Bertz CT molecular complexity index is 461. The van der Waals surface area contributed by atoms with Crippen molar-refractivity contribution in [2.45, 2.75) is 25.3 Å². The molecule has 3 rings (SSSR count). The number of nitrogens with one attached hydrogen (secondary N) is 2. The summed E-state index contributed by atoms with van der Waals surface area (Å²) in [6, 6.07) is 8.40. The normalized spacial score (nSPS) is 28.4. The molecule has 96 valence electrons. The molecule has 4 heteroatoms. The Morgan fingerprint density at radius 2 is 2.17 bits per heavy atom. The lowest BCUT2D eigenvalue weighted by molar-refractivity contribution is 0.187. The van der Waals surface area contributed by atoms with Crippen LogP contribution in [0, 0.1) is 11.8 Å². The topological polar surface area (TPSA) is 50.4 Å². The third-order valence-corrected chi connectivity index (χ3v) is 3.99. The molecule has 1 amide bonds. The Balaban J connectivity index is 1.65. The van der Waals surface area contributed by atoms with Gasteiger partial charge < -0.3 is 10.1 Å². The first-order valence-electron chi connectivity index (χ1n) is 6.48. The van der Waals surface area contributed by atoms with E-state index in [1.165, 1.54) is 26.4 Å². The van der Waals surface area contributed by atoms with E-state index in [0.29, 0.717) is 6.04 Å². The molecule has 0 aromatic heterocycles. The Labute approximate surface area is 107 Å². The van der Waals surface area contributed by atoms with Gasteiger partial charge in [0.15, 0.2) is 0 Å². The van der Waals surface area contributed by atoms with Crippen molar-refractivity contribution < 1.29 is 9.53 Å². The quantitative estimate of drug-likeness (QED) is 0.861. The van der Waals surface area contributed by atoms with E-state index in [1.54, 1.807) is 0 Å². The number of carbonyl (C=O) groups excluding carboxylic acids is 1. The molecule has 3 atom stereocenters. The maximum Gasteiger partial charge on any atom is 0.411 e. The van der Waals surface area contributed by atoms with Crippen LogP contribution in [-0.4, -0.2) is 19.2 Å². The molecule has 0 heterocycles. The third-order valence-electron chi connectivity index (χ3n) is 3.99. The molecule has 1 aromatic carbocycles. The summed E-state index contributed by atoms with van der Waals surface area (Å²) in [6.45, 7) is 0. The molecule has 4 nitrogen and oxygen atoms in total. The van der Waals surface area contributed by atoms with Crippen LogP contribution >= 0.6 is 0 Å². The fourth-order valence-electron chi connectivity index (χ4n) is 2.95. The van der Waals surface area contributed by atoms with Crippen LogP contribution in [0.25, 0.3) is 0 Å². The number of methoxy groups -OCH3 is 1. The highest BCUT2D eigenvalue weighted by Gasteiger charge is 2.47. The number of hydrogen-bond donors (Lipinski definition) is 2. The van der Waals surface area contributed by atoms with Crippen molar-refractivity contribution in [2.75, 3.05) is 17.7 Å². The number of anilines is 2. The molecule has 0 spiro atoms. The minimum absolute atomic E-state index is 0.435. The molecule has 0 bridgehead atoms. The number of amides is 1. The first-order chi connectivity index (χ1) is 8.76. The average Bonchev–Trinajstić information content (AvgIpc) is 3.06. The lowest BCUT2D eigenvalue weighted by Crippen LogP contribution is -2.19. The van der Waals surface area contributed by atoms with Crippen molar-refractivity contribution in [2.24, 2.45) is 11.8 Å². The smallest absolute Gasteiger partial charge is 0.411 e. The fraction of sp³-hybridized carbons (Fsp3) is 0.500. The number of ether oxygens (including phenoxy) is 1. The summed E-state index contributed by atoms with van der Waals surface area (Å²) < 4.78 is 4.58. The summed E-state index contributed by atoms with van der Waals surface area (Å²) in [5.41, 5.74) is 1.83. The maximum atomic E-state index is 11.1. The highest BCUT2D eigenvalue weighted by atomic mass is 16.5. The van der Waals surface area contributed by atoms with E-state index in [2.05, 4.69) is 15.4 Å². The lowest BCUT2D eigenvalue weighted by atomic mass is 10.1. The van der Waals surface area contributed by atoms with Crippen LogP contribution in [-0.2, 0) is 4.74 Å². The van der Waals surface area contributed by atoms with Crippen LogP contribution in [0.3, 0.4) is 0 Å². The first-order valence-corrected chi connectivity index (χ1v) is 6.48. The molecule has 18 heavy (non-hydrogen) atoms. The zero-order chi connectivity index (χ0) is 12.5. The summed E-state index contributed by atoms with van der Waals surface area (Å²) in [5.74, 6) is 1.85. The molecule has 2 aliphatic rings. The van der Waals surface area contributed by atoms with E-state index < -0.39 is 6.09 Å². The number of benzene rings is 1. The standard InChI is InChI=1S/C14H18N2O2/c1-18-14(17)16-11-4-2-3-10(8-11)15-13-6-5-9-7-12(9)13/h2-4,8-9,12-13,15H,5-7H2,1H3,(H,16,17). The lowest BCUT2D eigenvalue weighted by Gasteiger charge is -2.16. The monoisotopic (exact) mass is 246 g/mol. The number of rotatable bonds is 3. The molecule has 0 saturated heterocycles. The van der Waals surface area contributed by atoms with Gasteiger partial charge in [-0.2, -0.15) is 0 Å². The minimum Gasteiger partial charge on any atom is -0.453 e. The van der Waals surface area contributed by atoms with Crippen molar-refractivity contribution in [3.05, 3.63) is 24.3 Å². The predicted octanol–water partition coefficient (Wildman–Crippen LogP) is 3.08. The van der Waals surface area contributed by atoms with Crippen molar-refractivity contribution >= 4 is 17.5 Å². The van der Waals surface area contributed by atoms with E-state index in [0.717, 1.165) is 23.2 Å². The Morgan fingerprint density at radius 1 is 1.33 bits per heavy atom. The second kappa shape index (κ2) is 4.52. The number of hydrogen-bond acceptors (Lipinski definition) is 3. The molecule has 0 aliphatic heterocycles. The van der Waals surface area contributed by atoms with Gasteiger partial charge in [0.2, 0.25) is 0 Å². The molecule has 0 radical (unpaired) electrons. The summed E-state index contributed by atoms with van der Waals surface area (Å²) >= 11 is 0. The average molecular weight is 246 g/mol. The van der Waals surface area contributed by atoms with Gasteiger partial charge in [0.1, 0.15) is 0 Å². The predicted molar refractivity (Wildman–Crippen MR) is 70.7 cm³/mol. The SMILES string of the molecule is COC(=O)Nc1cccc(NC2CCC3CC32)c1. The Morgan fingerprint density at radius 3 is 2.83 bits per heavy atom. The van der Waals surface area contributed by atoms with Gasteiger partial charge in [-0.05, 0) is 49.3 Å². The zero-order valence-electron chi connectivity index (χ0n) is 10.5. The maximum absolute atomic E-state index is 11.1. The third kappa shape index (κ3) is 2.28. The highest BCUT2D eigenvalue weighted by molar-refractivity contribution is 5.85. The summed E-state index contributed by atoms with van der Waals surface area (Å²) in [6.07, 6.45) is 3.58. The summed E-state index contributed by atoms with van der Waals surface area (Å²) in [4.78, 5) is 11.1. The summed E-state index contributed by atoms with van der Waals surface area (Å²) in [5, 5.41) is 6.25. The van der Waals surface area contributed by atoms with E-state index in [-0.39, 0.29) is 0 Å². The van der Waals surface area contributed by atoms with Crippen LogP contribution in [0.4, 0.5) is 16.2 Å². The molecular formula is C14H18N2O2. The Kier molecular flexibility index (Phi) is 2.86. The van der Waals surface area contributed by atoms with Gasteiger partial charge in [0.05, 0.1) is 7.11 Å². The number of fused-ring (bicyclic) bond motifs is 1. The molecule has 2 N–H and O–H groups in total. The van der Waals surface area contributed by atoms with E-state index in [4.69, 9.17) is 0 Å². The zero-order valence-corrected chi connectivity index (χ0v) is 10.5. The second-order valence-electron chi connectivity index (χ2n) is 5.19. The first kappa shape index (κ1) is 11.4. The number of carbonyl (C=O) groups is 1. The molecule has 1 aromatic rings. The van der Waals surface area contributed by atoms with Crippen LogP contribution < -0.4 is 10.6 Å². The fourth-order valence-corrected chi connectivity index (χ4v) is 2.95.